The van der Waals surface area contributed by atoms with Crippen molar-refractivity contribution in [3.63, 3.8) is 0 Å². The van der Waals surface area contributed by atoms with Crippen LogP contribution in [-0.4, -0.2) is 44.7 Å². The molecule has 7 nitrogen and oxygen atoms in total. The van der Waals surface area contributed by atoms with Crippen LogP contribution >= 0.6 is 23.5 Å². The molecule has 5 rings (SSSR count). The van der Waals surface area contributed by atoms with Gasteiger partial charge in [-0.3, -0.25) is 4.79 Å². The number of aromatic nitrogens is 4. The van der Waals surface area contributed by atoms with E-state index in [4.69, 9.17) is 4.74 Å². The fraction of sp³-hybridized carbons (Fsp3) is 0.167. The average molecular weight is 476 g/mol. The van der Waals surface area contributed by atoms with Crippen LogP contribution in [0.1, 0.15) is 11.6 Å². The zero-order valence-electron chi connectivity index (χ0n) is 17.9. The lowest BCUT2D eigenvalue weighted by molar-refractivity contribution is -0.116. The minimum absolute atomic E-state index is 0.0193. The van der Waals surface area contributed by atoms with E-state index in [-0.39, 0.29) is 17.7 Å². The van der Waals surface area contributed by atoms with Gasteiger partial charge in [0.05, 0.1) is 30.3 Å². The van der Waals surface area contributed by atoms with Gasteiger partial charge >= 0.3 is 0 Å². The molecule has 1 aromatic heterocycles. The Morgan fingerprint density at radius 3 is 2.61 bits per heavy atom. The second-order valence-electron chi connectivity index (χ2n) is 7.33. The molecule has 1 aliphatic rings. The normalized spacial score (nSPS) is 15.2. The highest BCUT2D eigenvalue weighted by molar-refractivity contribution is 8.00. The van der Waals surface area contributed by atoms with Gasteiger partial charge in [-0.05, 0) is 52.4 Å². The number of hydrogen-bond acceptors (Lipinski definition) is 7. The minimum atomic E-state index is -0.0308. The van der Waals surface area contributed by atoms with E-state index in [0.29, 0.717) is 5.16 Å². The van der Waals surface area contributed by atoms with E-state index in [1.54, 1.807) is 23.6 Å². The molecule has 0 bridgehead atoms. The molecule has 9 heteroatoms. The number of thioether (sulfide) groups is 2. The molecule has 1 amide bonds. The minimum Gasteiger partial charge on any atom is -0.497 e. The summed E-state index contributed by atoms with van der Waals surface area (Å²) in [5, 5.41) is 12.6. The quantitative estimate of drug-likeness (QED) is 0.376. The van der Waals surface area contributed by atoms with Crippen LogP contribution in [0.15, 0.2) is 88.9 Å². The average Bonchev–Trinajstić information content (AvgIpc) is 3.36. The lowest BCUT2D eigenvalue weighted by atomic mass is 10.1. The molecular weight excluding hydrogens is 454 g/mol. The summed E-state index contributed by atoms with van der Waals surface area (Å²) in [6.07, 6.45) is 0. The molecule has 0 radical (unpaired) electrons. The molecule has 0 spiro atoms. The summed E-state index contributed by atoms with van der Waals surface area (Å²) in [7, 11) is 1.62. The SMILES string of the molecule is COc1ccc(-n2nnnc2SCC(=O)N2c3ccccc3SC[C@@H]2c2ccccc2)cc1. The Morgan fingerprint density at radius 2 is 1.82 bits per heavy atom. The number of ether oxygens (including phenoxy) is 1. The van der Waals surface area contributed by atoms with Crippen molar-refractivity contribution in [3.05, 3.63) is 84.4 Å². The third-order valence-electron chi connectivity index (χ3n) is 5.37. The van der Waals surface area contributed by atoms with Crippen LogP contribution < -0.4 is 9.64 Å². The molecule has 166 valence electrons. The Kier molecular flexibility index (Phi) is 6.32. The maximum Gasteiger partial charge on any atom is 0.238 e. The predicted molar refractivity (Wildman–Crippen MR) is 130 cm³/mol. The van der Waals surface area contributed by atoms with Gasteiger partial charge in [0.15, 0.2) is 0 Å². The van der Waals surface area contributed by atoms with E-state index in [1.807, 2.05) is 65.6 Å². The Hall–Kier alpha value is -3.30. The topological polar surface area (TPSA) is 73.1 Å². The standard InChI is InChI=1S/C24H21N5O2S2/c1-31-19-13-11-18(12-14-19)29-24(25-26-27-29)33-16-23(30)28-20-9-5-6-10-22(20)32-15-21(28)17-7-3-2-4-8-17/h2-14,21H,15-16H2,1H3/t21-/m1/s1. The second-order valence-corrected chi connectivity index (χ2v) is 9.33. The van der Waals surface area contributed by atoms with E-state index in [1.165, 1.54) is 11.8 Å². The number of nitrogens with zero attached hydrogens (tertiary/aromatic N) is 5. The fourth-order valence-corrected chi connectivity index (χ4v) is 5.69. The summed E-state index contributed by atoms with van der Waals surface area (Å²) < 4.78 is 6.85. The third kappa shape index (κ3) is 4.46. The molecule has 0 fully saturated rings. The van der Waals surface area contributed by atoms with Gasteiger partial charge in [-0.15, -0.1) is 16.9 Å². The van der Waals surface area contributed by atoms with Gasteiger partial charge in [0, 0.05) is 10.6 Å². The number of benzene rings is 3. The van der Waals surface area contributed by atoms with E-state index >= 15 is 0 Å². The highest BCUT2D eigenvalue weighted by Gasteiger charge is 2.32. The van der Waals surface area contributed by atoms with Crippen LogP contribution in [0.4, 0.5) is 5.69 Å². The Balaban J connectivity index is 1.39. The van der Waals surface area contributed by atoms with Crippen molar-refractivity contribution in [2.75, 3.05) is 23.5 Å². The van der Waals surface area contributed by atoms with Gasteiger partial charge in [-0.2, -0.15) is 4.68 Å². The molecule has 0 saturated carbocycles. The number of methoxy groups -OCH3 is 1. The molecule has 2 heterocycles. The number of rotatable bonds is 6. The van der Waals surface area contributed by atoms with Crippen molar-refractivity contribution in [2.24, 2.45) is 0 Å². The molecule has 0 N–H and O–H groups in total. The van der Waals surface area contributed by atoms with Crippen LogP contribution in [0.25, 0.3) is 5.69 Å². The van der Waals surface area contributed by atoms with Gasteiger partial charge in [0.25, 0.3) is 0 Å². The van der Waals surface area contributed by atoms with E-state index in [9.17, 15) is 4.79 Å². The largest absolute Gasteiger partial charge is 0.497 e. The van der Waals surface area contributed by atoms with Crippen molar-refractivity contribution in [2.45, 2.75) is 16.1 Å². The Labute approximate surface area is 200 Å². The Morgan fingerprint density at radius 1 is 1.06 bits per heavy atom. The summed E-state index contributed by atoms with van der Waals surface area (Å²) >= 11 is 3.11. The zero-order chi connectivity index (χ0) is 22.6. The summed E-state index contributed by atoms with van der Waals surface area (Å²) in [6.45, 7) is 0. The predicted octanol–water partition coefficient (Wildman–Crippen LogP) is 4.64. The number of carbonyl (C=O) groups excluding carboxylic acids is 1. The number of carbonyl (C=O) groups is 1. The lowest BCUT2D eigenvalue weighted by Crippen LogP contribution is -2.39. The van der Waals surface area contributed by atoms with Gasteiger partial charge in [0.1, 0.15) is 5.75 Å². The van der Waals surface area contributed by atoms with Crippen molar-refractivity contribution in [1.29, 1.82) is 0 Å². The van der Waals surface area contributed by atoms with E-state index < -0.39 is 0 Å². The van der Waals surface area contributed by atoms with Crippen LogP contribution in [0.3, 0.4) is 0 Å². The molecule has 1 atom stereocenters. The van der Waals surface area contributed by atoms with Gasteiger partial charge in [-0.25, -0.2) is 0 Å². The molecule has 4 aromatic rings. The van der Waals surface area contributed by atoms with E-state index in [0.717, 1.165) is 33.3 Å². The third-order valence-corrected chi connectivity index (χ3v) is 7.41. The number of fused-ring (bicyclic) bond motifs is 1. The van der Waals surface area contributed by atoms with Crippen LogP contribution in [-0.2, 0) is 4.79 Å². The highest BCUT2D eigenvalue weighted by atomic mass is 32.2. The first-order valence-corrected chi connectivity index (χ1v) is 12.4. The molecule has 33 heavy (non-hydrogen) atoms. The maximum atomic E-state index is 13.6. The maximum absolute atomic E-state index is 13.6. The van der Waals surface area contributed by atoms with Crippen LogP contribution in [0.2, 0.25) is 0 Å². The van der Waals surface area contributed by atoms with Crippen molar-refractivity contribution in [3.8, 4) is 11.4 Å². The van der Waals surface area contributed by atoms with Crippen LogP contribution in [0, 0.1) is 0 Å². The summed E-state index contributed by atoms with van der Waals surface area (Å²) in [6, 6.07) is 25.7. The van der Waals surface area contributed by atoms with Crippen molar-refractivity contribution >= 4 is 35.1 Å². The van der Waals surface area contributed by atoms with Crippen molar-refractivity contribution in [1.82, 2.24) is 20.2 Å². The first kappa shape index (κ1) is 21.5. The smallest absolute Gasteiger partial charge is 0.238 e. The number of amides is 1. The van der Waals surface area contributed by atoms with E-state index in [2.05, 4.69) is 33.7 Å². The molecule has 1 aliphatic heterocycles. The summed E-state index contributed by atoms with van der Waals surface area (Å²) in [5.74, 6) is 1.80. The second kappa shape index (κ2) is 9.68. The monoisotopic (exact) mass is 475 g/mol. The first-order chi connectivity index (χ1) is 16.2. The Bertz CT molecular complexity index is 1250. The number of para-hydroxylation sites is 1. The number of anilines is 1. The fourth-order valence-electron chi connectivity index (χ4n) is 3.77. The summed E-state index contributed by atoms with van der Waals surface area (Å²) in [5.41, 5.74) is 2.88. The molecule has 0 saturated heterocycles. The first-order valence-electron chi connectivity index (χ1n) is 10.4. The molecule has 0 unspecified atom stereocenters. The van der Waals surface area contributed by atoms with Gasteiger partial charge in [-0.1, -0.05) is 54.2 Å². The van der Waals surface area contributed by atoms with Gasteiger partial charge < -0.3 is 9.64 Å². The van der Waals surface area contributed by atoms with Gasteiger partial charge in [0.2, 0.25) is 11.1 Å². The molecule has 0 aliphatic carbocycles. The highest BCUT2D eigenvalue weighted by Crippen LogP contribution is 2.43. The van der Waals surface area contributed by atoms with Crippen molar-refractivity contribution < 1.29 is 9.53 Å². The number of tetrazole rings is 1. The summed E-state index contributed by atoms with van der Waals surface area (Å²) in [4.78, 5) is 16.6. The molecular formula is C24H21N5O2S2. The molecule has 3 aromatic carbocycles. The number of hydrogen-bond donors (Lipinski definition) is 0. The zero-order valence-corrected chi connectivity index (χ0v) is 19.5. The van der Waals surface area contributed by atoms with Crippen LogP contribution in [0.5, 0.6) is 5.75 Å². The lowest BCUT2D eigenvalue weighted by Gasteiger charge is -2.37.